The molecule has 0 unspecified atom stereocenters. The maximum atomic E-state index is 6.02. The van der Waals surface area contributed by atoms with Crippen LogP contribution in [-0.2, 0) is 0 Å². The van der Waals surface area contributed by atoms with E-state index in [0.29, 0.717) is 10.7 Å². The molecule has 2 aromatic rings. The van der Waals surface area contributed by atoms with Crippen molar-refractivity contribution in [1.82, 2.24) is 0 Å². The van der Waals surface area contributed by atoms with E-state index < -0.39 is 0 Å². The minimum atomic E-state index is 0.636. The summed E-state index contributed by atoms with van der Waals surface area (Å²) in [6, 6.07) is 7.55. The van der Waals surface area contributed by atoms with Crippen molar-refractivity contribution in [3.63, 3.8) is 0 Å². The highest BCUT2D eigenvalue weighted by atomic mass is 35.5. The molecule has 4 heteroatoms. The molecule has 0 radical (unpaired) electrons. The van der Waals surface area contributed by atoms with Crippen LogP contribution in [0.1, 0.15) is 11.3 Å². The van der Waals surface area contributed by atoms with Gasteiger partial charge in [0.05, 0.1) is 11.4 Å². The normalized spacial score (nSPS) is 10.6. The van der Waals surface area contributed by atoms with Crippen molar-refractivity contribution in [3.05, 3.63) is 40.6 Å². The number of nitrogens with zero attached hydrogens (tertiary/aromatic N) is 1. The van der Waals surface area contributed by atoms with Crippen LogP contribution in [0.25, 0.3) is 0 Å². The molecule has 90 valence electrons. The van der Waals surface area contributed by atoms with E-state index in [2.05, 4.69) is 0 Å². The van der Waals surface area contributed by atoms with E-state index in [1.54, 1.807) is 6.07 Å². The molecule has 0 amide bonds. The Morgan fingerprint density at radius 3 is 2.53 bits per heavy atom. The van der Waals surface area contributed by atoms with Gasteiger partial charge in [0.1, 0.15) is 5.76 Å². The molecule has 0 fully saturated rings. The van der Waals surface area contributed by atoms with E-state index >= 15 is 0 Å². The van der Waals surface area contributed by atoms with Gasteiger partial charge in [-0.3, -0.25) is 0 Å². The number of furan rings is 1. The summed E-state index contributed by atoms with van der Waals surface area (Å²) in [5, 5.41) is 0.676. The average Bonchev–Trinajstić information content (AvgIpc) is 2.69. The predicted octanol–water partition coefficient (Wildman–Crippen LogP) is 3.90. The molecule has 1 aromatic carbocycles. The van der Waals surface area contributed by atoms with Crippen LogP contribution < -0.4 is 10.6 Å². The third-order valence-corrected chi connectivity index (χ3v) is 3.13. The van der Waals surface area contributed by atoms with Crippen LogP contribution in [0.4, 0.5) is 17.3 Å². The fourth-order valence-corrected chi connectivity index (χ4v) is 1.86. The van der Waals surface area contributed by atoms with Gasteiger partial charge in [0.2, 0.25) is 0 Å². The van der Waals surface area contributed by atoms with E-state index in [4.69, 9.17) is 21.8 Å². The van der Waals surface area contributed by atoms with Crippen LogP contribution in [0.5, 0.6) is 0 Å². The molecule has 0 aliphatic heterocycles. The monoisotopic (exact) mass is 250 g/mol. The summed E-state index contributed by atoms with van der Waals surface area (Å²) >= 11 is 6.02. The maximum Gasteiger partial charge on any atom is 0.199 e. The quantitative estimate of drug-likeness (QED) is 0.822. The van der Waals surface area contributed by atoms with Gasteiger partial charge in [-0.25, -0.2) is 0 Å². The Morgan fingerprint density at radius 2 is 1.94 bits per heavy atom. The summed E-state index contributed by atoms with van der Waals surface area (Å²) in [7, 11) is 1.91. The van der Waals surface area contributed by atoms with Crippen LogP contribution >= 0.6 is 11.6 Å². The molecule has 0 aliphatic carbocycles. The Labute approximate surface area is 106 Å². The lowest BCUT2D eigenvalue weighted by molar-refractivity contribution is 0.538. The second-order valence-electron chi connectivity index (χ2n) is 4.10. The molecular weight excluding hydrogens is 236 g/mol. The Kier molecular flexibility index (Phi) is 3.03. The van der Waals surface area contributed by atoms with Crippen molar-refractivity contribution in [2.24, 2.45) is 0 Å². The van der Waals surface area contributed by atoms with Gasteiger partial charge < -0.3 is 15.1 Å². The highest BCUT2D eigenvalue weighted by Gasteiger charge is 2.12. The van der Waals surface area contributed by atoms with Crippen molar-refractivity contribution in [2.45, 2.75) is 13.8 Å². The number of aryl methyl sites for hydroxylation is 2. The number of hydrogen-bond acceptors (Lipinski definition) is 3. The molecule has 1 aromatic heterocycles. The predicted molar refractivity (Wildman–Crippen MR) is 72.1 cm³/mol. The number of anilines is 3. The minimum Gasteiger partial charge on any atom is -0.446 e. The zero-order valence-electron chi connectivity index (χ0n) is 10.1. The maximum absolute atomic E-state index is 6.02. The molecule has 2 rings (SSSR count). The molecule has 0 saturated heterocycles. The van der Waals surface area contributed by atoms with Crippen LogP contribution in [0.15, 0.2) is 28.7 Å². The van der Waals surface area contributed by atoms with Crippen molar-refractivity contribution in [1.29, 1.82) is 0 Å². The molecule has 0 aliphatic rings. The SMILES string of the molecule is Cc1ccc(N(C)c2cc(C)c(Cl)cc2N)o1. The summed E-state index contributed by atoms with van der Waals surface area (Å²) < 4.78 is 5.56. The first kappa shape index (κ1) is 11.9. The number of hydrogen-bond donors (Lipinski definition) is 1. The smallest absolute Gasteiger partial charge is 0.199 e. The first-order chi connectivity index (χ1) is 7.99. The van der Waals surface area contributed by atoms with Gasteiger partial charge in [-0.2, -0.15) is 0 Å². The van der Waals surface area contributed by atoms with Gasteiger partial charge in [-0.1, -0.05) is 11.6 Å². The summed E-state index contributed by atoms with van der Waals surface area (Å²) in [5.74, 6) is 1.63. The fourth-order valence-electron chi connectivity index (χ4n) is 1.69. The zero-order valence-corrected chi connectivity index (χ0v) is 10.9. The number of nitrogens with two attached hydrogens (primary N) is 1. The second kappa shape index (κ2) is 4.34. The Bertz CT molecular complexity index is 548. The molecule has 1 heterocycles. The van der Waals surface area contributed by atoms with Crippen LogP contribution in [-0.4, -0.2) is 7.05 Å². The number of halogens is 1. The topological polar surface area (TPSA) is 42.4 Å². The van der Waals surface area contributed by atoms with Crippen molar-refractivity contribution < 1.29 is 4.42 Å². The molecule has 0 bridgehead atoms. The Balaban J connectivity index is 2.43. The van der Waals surface area contributed by atoms with Gasteiger partial charge in [-0.15, -0.1) is 0 Å². The van der Waals surface area contributed by atoms with E-state index in [1.165, 1.54) is 0 Å². The lowest BCUT2D eigenvalue weighted by Crippen LogP contribution is -2.11. The average molecular weight is 251 g/mol. The standard InChI is InChI=1S/C13H15ClN2O/c1-8-6-12(11(15)7-10(8)14)16(3)13-5-4-9(2)17-13/h4-7H,15H2,1-3H3. The minimum absolute atomic E-state index is 0.636. The number of rotatable bonds is 2. The van der Waals surface area contributed by atoms with Gasteiger partial charge in [0.25, 0.3) is 0 Å². The third kappa shape index (κ3) is 2.24. The number of benzene rings is 1. The summed E-state index contributed by atoms with van der Waals surface area (Å²) in [6.45, 7) is 3.86. The zero-order chi connectivity index (χ0) is 12.6. The van der Waals surface area contributed by atoms with Gasteiger partial charge in [-0.05, 0) is 37.6 Å². The molecule has 2 N–H and O–H groups in total. The highest BCUT2D eigenvalue weighted by Crippen LogP contribution is 2.33. The summed E-state index contributed by atoms with van der Waals surface area (Å²) in [5.41, 5.74) is 8.49. The fraction of sp³-hybridized carbons (Fsp3) is 0.231. The van der Waals surface area contributed by atoms with Gasteiger partial charge in [0.15, 0.2) is 5.88 Å². The Morgan fingerprint density at radius 1 is 1.24 bits per heavy atom. The third-order valence-electron chi connectivity index (χ3n) is 2.73. The largest absolute Gasteiger partial charge is 0.446 e. The summed E-state index contributed by atoms with van der Waals surface area (Å²) in [6.07, 6.45) is 0. The molecule has 3 nitrogen and oxygen atoms in total. The second-order valence-corrected chi connectivity index (χ2v) is 4.51. The highest BCUT2D eigenvalue weighted by molar-refractivity contribution is 6.31. The molecule has 0 atom stereocenters. The lowest BCUT2D eigenvalue weighted by atomic mass is 10.2. The molecule has 0 saturated carbocycles. The van der Waals surface area contributed by atoms with Gasteiger partial charge in [0, 0.05) is 18.1 Å². The van der Waals surface area contributed by atoms with Crippen LogP contribution in [0, 0.1) is 13.8 Å². The van der Waals surface area contributed by atoms with Crippen LogP contribution in [0.3, 0.4) is 0 Å². The first-order valence-electron chi connectivity index (χ1n) is 5.35. The van der Waals surface area contributed by atoms with Crippen LogP contribution in [0.2, 0.25) is 5.02 Å². The number of nitrogen functional groups attached to an aromatic ring is 1. The van der Waals surface area contributed by atoms with E-state index in [0.717, 1.165) is 22.9 Å². The van der Waals surface area contributed by atoms with Gasteiger partial charge >= 0.3 is 0 Å². The van der Waals surface area contributed by atoms with E-state index in [9.17, 15) is 0 Å². The van der Waals surface area contributed by atoms with Crippen molar-refractivity contribution in [3.8, 4) is 0 Å². The molecule has 0 spiro atoms. The molecule has 17 heavy (non-hydrogen) atoms. The van der Waals surface area contributed by atoms with E-state index in [1.807, 2.05) is 44.0 Å². The Hall–Kier alpha value is -1.61. The first-order valence-corrected chi connectivity index (χ1v) is 5.72. The van der Waals surface area contributed by atoms with Crippen molar-refractivity contribution in [2.75, 3.05) is 17.7 Å². The summed E-state index contributed by atoms with van der Waals surface area (Å²) in [4.78, 5) is 1.91. The van der Waals surface area contributed by atoms with Crippen molar-refractivity contribution >= 4 is 28.9 Å². The lowest BCUT2D eigenvalue weighted by Gasteiger charge is -2.19. The molecular formula is C13H15ClN2O. The van der Waals surface area contributed by atoms with E-state index in [-0.39, 0.29) is 0 Å².